The highest BCUT2D eigenvalue weighted by molar-refractivity contribution is 6.31. The minimum absolute atomic E-state index is 0.0786. The maximum absolute atomic E-state index is 13.0. The van der Waals surface area contributed by atoms with E-state index >= 15 is 0 Å². The van der Waals surface area contributed by atoms with Gasteiger partial charge < -0.3 is 10.3 Å². The van der Waals surface area contributed by atoms with Gasteiger partial charge in [-0.05, 0) is 35.7 Å². The van der Waals surface area contributed by atoms with Crippen LogP contribution >= 0.6 is 11.6 Å². The Morgan fingerprint density at radius 1 is 1.37 bits per heavy atom. The van der Waals surface area contributed by atoms with Crippen LogP contribution in [-0.4, -0.2) is 4.57 Å². The van der Waals surface area contributed by atoms with Crippen LogP contribution in [0.15, 0.2) is 36.7 Å². The molecule has 1 atom stereocenters. The first-order valence-electron chi connectivity index (χ1n) is 6.45. The largest absolute Gasteiger partial charge is 0.350 e. The van der Waals surface area contributed by atoms with Crippen molar-refractivity contribution in [3.05, 3.63) is 58.6 Å². The molecule has 2 rings (SSSR count). The molecule has 0 aliphatic rings. The Hall–Kier alpha value is -1.32. The van der Waals surface area contributed by atoms with Crippen molar-refractivity contribution >= 4 is 11.6 Å². The van der Waals surface area contributed by atoms with Gasteiger partial charge in [-0.25, -0.2) is 4.39 Å². The molecule has 102 valence electrons. The lowest BCUT2D eigenvalue weighted by Crippen LogP contribution is -2.08. The first kappa shape index (κ1) is 14.1. The van der Waals surface area contributed by atoms with Crippen LogP contribution in [-0.2, 0) is 6.54 Å². The summed E-state index contributed by atoms with van der Waals surface area (Å²) in [5.74, 6) is -0.313. The van der Waals surface area contributed by atoms with Crippen LogP contribution in [0, 0.1) is 5.82 Å². The van der Waals surface area contributed by atoms with Crippen LogP contribution in [0.1, 0.15) is 36.9 Å². The second-order valence-corrected chi connectivity index (χ2v) is 5.16. The number of nitrogens with zero attached hydrogens (tertiary/aromatic N) is 1. The fraction of sp³-hybridized carbons (Fsp3) is 0.333. The normalized spacial score (nSPS) is 12.6. The summed E-state index contributed by atoms with van der Waals surface area (Å²) in [6.07, 6.45) is 6.04. The predicted molar refractivity (Wildman–Crippen MR) is 76.8 cm³/mol. The summed E-state index contributed by atoms with van der Waals surface area (Å²) < 4.78 is 15.0. The van der Waals surface area contributed by atoms with Gasteiger partial charge in [-0.1, -0.05) is 31.0 Å². The second kappa shape index (κ2) is 6.22. The highest BCUT2D eigenvalue weighted by Gasteiger charge is 2.08. The van der Waals surface area contributed by atoms with E-state index < -0.39 is 0 Å². The van der Waals surface area contributed by atoms with Crippen molar-refractivity contribution in [1.82, 2.24) is 4.57 Å². The molecule has 0 fully saturated rings. The number of hydrogen-bond donors (Lipinski definition) is 1. The fourth-order valence-electron chi connectivity index (χ4n) is 2.10. The van der Waals surface area contributed by atoms with Crippen LogP contribution in [0.5, 0.6) is 0 Å². The average molecular weight is 281 g/mol. The van der Waals surface area contributed by atoms with Crippen molar-refractivity contribution in [2.75, 3.05) is 0 Å². The molecule has 2 nitrogen and oxygen atoms in total. The molecule has 1 heterocycles. The topological polar surface area (TPSA) is 30.9 Å². The van der Waals surface area contributed by atoms with E-state index in [1.54, 1.807) is 6.07 Å². The summed E-state index contributed by atoms with van der Waals surface area (Å²) in [7, 11) is 0. The molecule has 19 heavy (non-hydrogen) atoms. The maximum Gasteiger partial charge on any atom is 0.124 e. The van der Waals surface area contributed by atoms with Crippen LogP contribution < -0.4 is 5.73 Å². The van der Waals surface area contributed by atoms with Crippen molar-refractivity contribution in [3.8, 4) is 0 Å². The Morgan fingerprint density at radius 2 is 2.16 bits per heavy atom. The molecule has 0 aliphatic heterocycles. The summed E-state index contributed by atoms with van der Waals surface area (Å²) in [6, 6.07) is 6.58. The maximum atomic E-state index is 13.0. The number of benzene rings is 1. The molecule has 0 bridgehead atoms. The summed E-state index contributed by atoms with van der Waals surface area (Å²) in [5, 5.41) is 0.452. The van der Waals surface area contributed by atoms with Crippen LogP contribution in [0.2, 0.25) is 5.02 Å². The zero-order valence-corrected chi connectivity index (χ0v) is 11.7. The molecular weight excluding hydrogens is 263 g/mol. The standard InChI is InChI=1S/C15H18ClFN2/c1-2-3-15(18)12-6-7-19(10-12)9-11-4-5-13(17)8-14(11)16/h4-8,10,15H,2-3,9,18H2,1H3. The van der Waals surface area contributed by atoms with E-state index in [9.17, 15) is 4.39 Å². The van der Waals surface area contributed by atoms with E-state index in [2.05, 4.69) is 6.92 Å². The summed E-state index contributed by atoms with van der Waals surface area (Å²) in [4.78, 5) is 0. The van der Waals surface area contributed by atoms with Gasteiger partial charge >= 0.3 is 0 Å². The van der Waals surface area contributed by atoms with Gasteiger partial charge in [-0.2, -0.15) is 0 Å². The fourth-order valence-corrected chi connectivity index (χ4v) is 2.33. The lowest BCUT2D eigenvalue weighted by Gasteiger charge is -2.08. The van der Waals surface area contributed by atoms with Crippen molar-refractivity contribution in [3.63, 3.8) is 0 Å². The number of hydrogen-bond acceptors (Lipinski definition) is 1. The van der Waals surface area contributed by atoms with E-state index in [4.69, 9.17) is 17.3 Å². The van der Waals surface area contributed by atoms with Crippen molar-refractivity contribution in [1.29, 1.82) is 0 Å². The van der Waals surface area contributed by atoms with Gasteiger partial charge in [0.2, 0.25) is 0 Å². The third kappa shape index (κ3) is 3.58. The molecule has 0 aliphatic carbocycles. The lowest BCUT2D eigenvalue weighted by molar-refractivity contribution is 0.626. The number of rotatable bonds is 5. The highest BCUT2D eigenvalue weighted by Crippen LogP contribution is 2.20. The Labute approximate surface area is 118 Å². The predicted octanol–water partition coefficient (Wildman–Crippen LogP) is 4.13. The monoisotopic (exact) mass is 280 g/mol. The molecule has 0 spiro atoms. The SMILES string of the molecule is CCCC(N)c1ccn(Cc2ccc(F)cc2Cl)c1. The van der Waals surface area contributed by atoms with Gasteiger partial charge in [0, 0.05) is 30.0 Å². The molecule has 0 radical (unpaired) electrons. The molecule has 0 amide bonds. The van der Waals surface area contributed by atoms with E-state index in [1.165, 1.54) is 12.1 Å². The second-order valence-electron chi connectivity index (χ2n) is 4.75. The molecule has 1 aromatic heterocycles. The van der Waals surface area contributed by atoms with Crippen molar-refractivity contribution in [2.45, 2.75) is 32.4 Å². The molecule has 2 N–H and O–H groups in total. The smallest absolute Gasteiger partial charge is 0.124 e. The first-order chi connectivity index (χ1) is 9.10. The van der Waals surface area contributed by atoms with Gasteiger partial charge in [0.25, 0.3) is 0 Å². The van der Waals surface area contributed by atoms with Gasteiger partial charge in [-0.15, -0.1) is 0 Å². The quantitative estimate of drug-likeness (QED) is 0.877. The van der Waals surface area contributed by atoms with Gasteiger partial charge in [0.1, 0.15) is 5.82 Å². The highest BCUT2D eigenvalue weighted by atomic mass is 35.5. The third-order valence-electron chi connectivity index (χ3n) is 3.17. The molecule has 0 saturated carbocycles. The Balaban J connectivity index is 2.11. The van der Waals surface area contributed by atoms with E-state index in [0.717, 1.165) is 24.0 Å². The summed E-state index contributed by atoms with van der Waals surface area (Å²) in [5.41, 5.74) is 8.10. The molecule has 1 unspecified atom stereocenters. The van der Waals surface area contributed by atoms with Gasteiger partial charge in [0.05, 0.1) is 0 Å². The van der Waals surface area contributed by atoms with Crippen molar-refractivity contribution in [2.24, 2.45) is 5.73 Å². The molecule has 0 saturated heterocycles. The number of nitrogens with two attached hydrogens (primary N) is 1. The summed E-state index contributed by atoms with van der Waals surface area (Å²) in [6.45, 7) is 2.74. The molecule has 1 aromatic carbocycles. The minimum atomic E-state index is -0.313. The number of aromatic nitrogens is 1. The Morgan fingerprint density at radius 3 is 2.84 bits per heavy atom. The lowest BCUT2D eigenvalue weighted by atomic mass is 10.1. The van der Waals surface area contributed by atoms with Crippen LogP contribution in [0.3, 0.4) is 0 Å². The van der Waals surface area contributed by atoms with E-state index in [0.29, 0.717) is 11.6 Å². The van der Waals surface area contributed by atoms with Crippen molar-refractivity contribution < 1.29 is 4.39 Å². The number of halogens is 2. The zero-order chi connectivity index (χ0) is 13.8. The Kier molecular flexibility index (Phi) is 4.61. The van der Waals surface area contributed by atoms with Crippen LogP contribution in [0.25, 0.3) is 0 Å². The van der Waals surface area contributed by atoms with Gasteiger partial charge in [0.15, 0.2) is 0 Å². The average Bonchev–Trinajstić information content (AvgIpc) is 2.82. The van der Waals surface area contributed by atoms with E-state index in [1.807, 2.05) is 23.0 Å². The van der Waals surface area contributed by atoms with Crippen LogP contribution in [0.4, 0.5) is 4.39 Å². The molecule has 2 aromatic rings. The van der Waals surface area contributed by atoms with E-state index in [-0.39, 0.29) is 11.9 Å². The van der Waals surface area contributed by atoms with Gasteiger partial charge in [-0.3, -0.25) is 0 Å². The third-order valence-corrected chi connectivity index (χ3v) is 3.52. The Bertz CT molecular complexity index is 551. The molecule has 4 heteroatoms. The summed E-state index contributed by atoms with van der Waals surface area (Å²) >= 11 is 6.02. The molecular formula is C15H18ClFN2. The zero-order valence-electron chi connectivity index (χ0n) is 10.9. The minimum Gasteiger partial charge on any atom is -0.350 e. The first-order valence-corrected chi connectivity index (χ1v) is 6.83.